The average Bonchev–Trinajstić information content (AvgIpc) is 2.53. The molecule has 1 fully saturated rings. The zero-order chi connectivity index (χ0) is 13.8. The molecule has 1 saturated heterocycles. The summed E-state index contributed by atoms with van der Waals surface area (Å²) in [4.78, 5) is 6.90. The lowest BCUT2D eigenvalue weighted by Gasteiger charge is -2.29. The molecule has 0 atom stereocenters. The van der Waals surface area contributed by atoms with E-state index in [0.717, 1.165) is 44.7 Å². The third-order valence-corrected chi connectivity index (χ3v) is 3.77. The van der Waals surface area contributed by atoms with Crippen molar-refractivity contribution in [2.45, 2.75) is 13.3 Å². The Morgan fingerprint density at radius 1 is 1.25 bits per heavy atom. The minimum absolute atomic E-state index is 0.997. The van der Waals surface area contributed by atoms with Crippen molar-refractivity contribution in [1.82, 2.24) is 10.3 Å². The number of nitrogens with one attached hydrogen (secondary N) is 2. The molecular weight excluding hydrogens is 248 g/mol. The van der Waals surface area contributed by atoms with Crippen LogP contribution in [0.25, 0.3) is 10.9 Å². The Kier molecular flexibility index (Phi) is 4.02. The highest BCUT2D eigenvalue weighted by molar-refractivity contribution is 5.93. The number of pyridine rings is 1. The second-order valence-corrected chi connectivity index (χ2v) is 5.22. The molecule has 2 N–H and O–H groups in total. The average molecular weight is 270 g/mol. The first kappa shape index (κ1) is 13.2. The maximum Gasteiger partial charge on any atom is 0.0724 e. The molecule has 106 valence electrons. The van der Waals surface area contributed by atoms with Gasteiger partial charge in [0.2, 0.25) is 0 Å². The number of rotatable bonds is 4. The third kappa shape index (κ3) is 2.70. The highest BCUT2D eigenvalue weighted by atomic mass is 15.2. The predicted molar refractivity (Wildman–Crippen MR) is 85.6 cm³/mol. The van der Waals surface area contributed by atoms with E-state index in [1.165, 1.54) is 16.8 Å². The number of benzene rings is 1. The quantitative estimate of drug-likeness (QED) is 0.895. The van der Waals surface area contributed by atoms with Crippen molar-refractivity contribution in [3.05, 3.63) is 30.5 Å². The van der Waals surface area contributed by atoms with Gasteiger partial charge in [0.25, 0.3) is 0 Å². The van der Waals surface area contributed by atoms with E-state index in [2.05, 4.69) is 51.7 Å². The van der Waals surface area contributed by atoms with Crippen LogP contribution in [0.1, 0.15) is 13.3 Å². The van der Waals surface area contributed by atoms with Gasteiger partial charge in [0, 0.05) is 55.7 Å². The summed E-state index contributed by atoms with van der Waals surface area (Å²) in [5, 5.41) is 8.11. The molecule has 1 aliphatic rings. The normalized spacial score (nSPS) is 15.6. The number of nitrogens with zero attached hydrogens (tertiary/aromatic N) is 2. The van der Waals surface area contributed by atoms with E-state index in [1.807, 2.05) is 6.20 Å². The molecule has 1 aromatic heterocycles. The highest BCUT2D eigenvalue weighted by Crippen LogP contribution is 2.27. The van der Waals surface area contributed by atoms with Crippen LogP contribution in [0.4, 0.5) is 11.4 Å². The molecular formula is C16H22N4. The van der Waals surface area contributed by atoms with Crippen LogP contribution in [0, 0.1) is 0 Å². The van der Waals surface area contributed by atoms with E-state index in [9.17, 15) is 0 Å². The Bertz CT molecular complexity index is 576. The van der Waals surface area contributed by atoms with Crippen LogP contribution in [0.2, 0.25) is 0 Å². The summed E-state index contributed by atoms with van der Waals surface area (Å²) in [5.74, 6) is 0. The van der Waals surface area contributed by atoms with Crippen LogP contribution in [-0.4, -0.2) is 37.7 Å². The van der Waals surface area contributed by atoms with Crippen LogP contribution >= 0.6 is 0 Å². The van der Waals surface area contributed by atoms with E-state index < -0.39 is 0 Å². The smallest absolute Gasteiger partial charge is 0.0724 e. The molecule has 4 nitrogen and oxygen atoms in total. The minimum Gasteiger partial charge on any atom is -0.384 e. The predicted octanol–water partition coefficient (Wildman–Crippen LogP) is 2.47. The lowest BCUT2D eigenvalue weighted by Crippen LogP contribution is -2.43. The lowest BCUT2D eigenvalue weighted by molar-refractivity contribution is 0.589. The Labute approximate surface area is 120 Å². The van der Waals surface area contributed by atoms with E-state index in [-0.39, 0.29) is 0 Å². The molecule has 1 aliphatic heterocycles. The lowest BCUT2D eigenvalue weighted by atomic mass is 10.1. The summed E-state index contributed by atoms with van der Waals surface area (Å²) in [6.45, 7) is 7.45. The summed E-state index contributed by atoms with van der Waals surface area (Å²) in [6.07, 6.45) is 3.01. The molecule has 0 radical (unpaired) electrons. The summed E-state index contributed by atoms with van der Waals surface area (Å²) in [6, 6.07) is 8.65. The fourth-order valence-electron chi connectivity index (χ4n) is 2.67. The Morgan fingerprint density at radius 2 is 2.10 bits per heavy atom. The first-order chi connectivity index (χ1) is 9.88. The summed E-state index contributed by atoms with van der Waals surface area (Å²) in [5.41, 5.74) is 3.55. The molecule has 2 heterocycles. The van der Waals surface area contributed by atoms with E-state index in [1.54, 1.807) is 0 Å². The van der Waals surface area contributed by atoms with E-state index >= 15 is 0 Å². The molecule has 0 amide bonds. The van der Waals surface area contributed by atoms with Gasteiger partial charge in [-0.3, -0.25) is 4.98 Å². The number of piperazine rings is 1. The van der Waals surface area contributed by atoms with Gasteiger partial charge in [-0.25, -0.2) is 0 Å². The van der Waals surface area contributed by atoms with Crippen molar-refractivity contribution in [3.8, 4) is 0 Å². The Hall–Kier alpha value is -1.81. The number of fused-ring (bicyclic) bond motifs is 1. The van der Waals surface area contributed by atoms with Crippen molar-refractivity contribution < 1.29 is 0 Å². The monoisotopic (exact) mass is 270 g/mol. The SMILES string of the molecule is CCCNc1ccnc2ccc(N3CCNCC3)cc12. The number of hydrogen-bond donors (Lipinski definition) is 2. The topological polar surface area (TPSA) is 40.2 Å². The second-order valence-electron chi connectivity index (χ2n) is 5.22. The summed E-state index contributed by atoms with van der Waals surface area (Å²) in [7, 11) is 0. The molecule has 0 aliphatic carbocycles. The van der Waals surface area contributed by atoms with Crippen LogP contribution in [0.15, 0.2) is 30.5 Å². The molecule has 0 unspecified atom stereocenters. The third-order valence-electron chi connectivity index (χ3n) is 3.77. The van der Waals surface area contributed by atoms with E-state index in [0.29, 0.717) is 0 Å². The van der Waals surface area contributed by atoms with Crippen molar-refractivity contribution >= 4 is 22.3 Å². The fraction of sp³-hybridized carbons (Fsp3) is 0.438. The fourth-order valence-corrected chi connectivity index (χ4v) is 2.67. The van der Waals surface area contributed by atoms with E-state index in [4.69, 9.17) is 0 Å². The van der Waals surface area contributed by atoms with Crippen LogP contribution in [-0.2, 0) is 0 Å². The molecule has 2 aromatic rings. The van der Waals surface area contributed by atoms with Gasteiger partial charge in [0.1, 0.15) is 0 Å². The largest absolute Gasteiger partial charge is 0.384 e. The zero-order valence-electron chi connectivity index (χ0n) is 12.0. The van der Waals surface area contributed by atoms with Gasteiger partial charge in [-0.1, -0.05) is 6.92 Å². The van der Waals surface area contributed by atoms with Gasteiger partial charge in [-0.2, -0.15) is 0 Å². The van der Waals surface area contributed by atoms with Gasteiger partial charge in [0.05, 0.1) is 5.52 Å². The van der Waals surface area contributed by atoms with Gasteiger partial charge in [-0.15, -0.1) is 0 Å². The zero-order valence-corrected chi connectivity index (χ0v) is 12.0. The molecule has 1 aromatic carbocycles. The maximum atomic E-state index is 4.47. The minimum atomic E-state index is 0.997. The van der Waals surface area contributed by atoms with Crippen molar-refractivity contribution in [2.75, 3.05) is 42.9 Å². The number of anilines is 2. The summed E-state index contributed by atoms with van der Waals surface area (Å²) < 4.78 is 0. The molecule has 20 heavy (non-hydrogen) atoms. The van der Waals surface area contributed by atoms with Crippen LogP contribution in [0.5, 0.6) is 0 Å². The first-order valence-electron chi connectivity index (χ1n) is 7.47. The molecule has 0 saturated carbocycles. The van der Waals surface area contributed by atoms with Gasteiger partial charge in [0.15, 0.2) is 0 Å². The van der Waals surface area contributed by atoms with Crippen molar-refractivity contribution in [3.63, 3.8) is 0 Å². The van der Waals surface area contributed by atoms with Gasteiger partial charge >= 0.3 is 0 Å². The Morgan fingerprint density at radius 3 is 2.90 bits per heavy atom. The van der Waals surface area contributed by atoms with Crippen LogP contribution in [0.3, 0.4) is 0 Å². The maximum absolute atomic E-state index is 4.47. The molecule has 4 heteroatoms. The second kappa shape index (κ2) is 6.09. The number of hydrogen-bond acceptors (Lipinski definition) is 4. The number of aromatic nitrogens is 1. The highest BCUT2D eigenvalue weighted by Gasteiger charge is 2.11. The summed E-state index contributed by atoms with van der Waals surface area (Å²) >= 11 is 0. The Balaban J connectivity index is 1.95. The first-order valence-corrected chi connectivity index (χ1v) is 7.47. The standard InChI is InChI=1S/C16H22N4/c1-2-6-18-16-5-7-19-15-4-3-13(12-14(15)16)20-10-8-17-9-11-20/h3-5,7,12,17H,2,6,8-11H2,1H3,(H,18,19). The van der Waals surface area contributed by atoms with Gasteiger partial charge in [-0.05, 0) is 30.7 Å². The molecule has 3 rings (SSSR count). The molecule has 0 spiro atoms. The van der Waals surface area contributed by atoms with Crippen molar-refractivity contribution in [2.24, 2.45) is 0 Å². The van der Waals surface area contributed by atoms with Crippen molar-refractivity contribution in [1.29, 1.82) is 0 Å². The van der Waals surface area contributed by atoms with Crippen LogP contribution < -0.4 is 15.5 Å². The molecule has 0 bridgehead atoms. The van der Waals surface area contributed by atoms with Gasteiger partial charge < -0.3 is 15.5 Å².